The quantitative estimate of drug-likeness (QED) is 0.173. The molecule has 0 aromatic heterocycles. The Bertz CT molecular complexity index is 1490. The largest absolute Gasteiger partial charge is 0.478 e. The maximum Gasteiger partial charge on any atom is 0.335 e. The molecule has 1 saturated heterocycles. The van der Waals surface area contributed by atoms with Crippen LogP contribution >= 0.6 is 0 Å². The molecule has 40 heavy (non-hydrogen) atoms. The van der Waals surface area contributed by atoms with Gasteiger partial charge in [-0.1, -0.05) is 42.3 Å². The van der Waals surface area contributed by atoms with E-state index in [0.29, 0.717) is 17.1 Å². The molecule has 3 amide bonds. The lowest BCUT2D eigenvalue weighted by Gasteiger charge is -2.38. The molecule has 1 aliphatic rings. The zero-order valence-electron chi connectivity index (χ0n) is 22.1. The van der Waals surface area contributed by atoms with Crippen molar-refractivity contribution in [2.45, 2.75) is 26.3 Å². The molecule has 1 fully saturated rings. The van der Waals surface area contributed by atoms with Gasteiger partial charge in [-0.2, -0.15) is 0 Å². The smallest absolute Gasteiger partial charge is 0.335 e. The van der Waals surface area contributed by atoms with Crippen molar-refractivity contribution in [3.63, 3.8) is 0 Å². The molecule has 0 radical (unpaired) electrons. The van der Waals surface area contributed by atoms with E-state index >= 15 is 0 Å². The molecule has 1 aliphatic heterocycles. The summed E-state index contributed by atoms with van der Waals surface area (Å²) in [5, 5.41) is 13.1. The van der Waals surface area contributed by atoms with Crippen LogP contribution in [-0.2, 0) is 20.8 Å². The van der Waals surface area contributed by atoms with Crippen molar-refractivity contribution < 1.29 is 24.3 Å². The minimum absolute atomic E-state index is 0.0761. The second-order valence-electron chi connectivity index (χ2n) is 9.30. The second kappa shape index (κ2) is 12.1. The molecule has 0 aliphatic carbocycles. The van der Waals surface area contributed by atoms with Crippen LogP contribution in [0, 0.1) is 18.9 Å². The molecule has 4 rings (SSSR count). The fraction of sp³-hybridized carbons (Fsp3) is 0.200. The predicted octanol–water partition coefficient (Wildman–Crippen LogP) is 2.78. The molecule has 1 heterocycles. The molecular weight excluding hydrogens is 510 g/mol. The summed E-state index contributed by atoms with van der Waals surface area (Å²) in [6.45, 7) is 2.90. The van der Waals surface area contributed by atoms with E-state index in [2.05, 4.69) is 17.3 Å². The summed E-state index contributed by atoms with van der Waals surface area (Å²) >= 11 is 0. The molecule has 4 N–H and O–H groups in total. The number of carboxylic acids is 1. The number of nitrogens with two attached hydrogens (primary N) is 1. The van der Waals surface area contributed by atoms with Crippen LogP contribution in [0.25, 0.3) is 0 Å². The predicted molar refractivity (Wildman–Crippen MR) is 151 cm³/mol. The summed E-state index contributed by atoms with van der Waals surface area (Å²) in [5.41, 5.74) is 3.05. The number of nitrogens with one attached hydrogen (secondary N) is 1. The summed E-state index contributed by atoms with van der Waals surface area (Å²) in [6, 6.07) is 22.0. The normalized spacial score (nSPS) is 13.8. The van der Waals surface area contributed by atoms with Gasteiger partial charge in [-0.25, -0.2) is 15.6 Å². The first-order valence-electron chi connectivity index (χ1n) is 12.5. The number of hydrazine groups is 1. The summed E-state index contributed by atoms with van der Waals surface area (Å²) in [5.74, 6) is 6.44. The number of benzene rings is 3. The zero-order chi connectivity index (χ0) is 28.8. The van der Waals surface area contributed by atoms with Crippen LogP contribution in [-0.4, -0.2) is 52.8 Å². The Labute approximate surface area is 231 Å². The lowest BCUT2D eigenvalue weighted by atomic mass is 10.0. The van der Waals surface area contributed by atoms with Gasteiger partial charge < -0.3 is 15.3 Å². The number of piperazine rings is 1. The summed E-state index contributed by atoms with van der Waals surface area (Å²) in [7, 11) is 0. The van der Waals surface area contributed by atoms with Crippen molar-refractivity contribution in [1.82, 2.24) is 4.90 Å². The average molecular weight is 540 g/mol. The lowest BCUT2D eigenvalue weighted by molar-refractivity contribution is -0.143. The van der Waals surface area contributed by atoms with E-state index in [-0.39, 0.29) is 31.0 Å². The number of hydrogen-bond donors (Lipinski definition) is 3. The van der Waals surface area contributed by atoms with Gasteiger partial charge in [-0.3, -0.25) is 19.3 Å². The summed E-state index contributed by atoms with van der Waals surface area (Å²) in [6.07, 6.45) is 0.178. The van der Waals surface area contributed by atoms with Gasteiger partial charge in [0.1, 0.15) is 19.1 Å². The van der Waals surface area contributed by atoms with Gasteiger partial charge in [0.2, 0.25) is 17.7 Å². The minimum Gasteiger partial charge on any atom is -0.478 e. The molecule has 1 atom stereocenters. The van der Waals surface area contributed by atoms with Crippen molar-refractivity contribution >= 4 is 40.8 Å². The van der Waals surface area contributed by atoms with Gasteiger partial charge in [0, 0.05) is 18.2 Å². The Kier molecular flexibility index (Phi) is 8.47. The van der Waals surface area contributed by atoms with Gasteiger partial charge in [0.15, 0.2) is 0 Å². The van der Waals surface area contributed by atoms with E-state index in [9.17, 15) is 19.2 Å². The van der Waals surface area contributed by atoms with E-state index in [1.807, 2.05) is 43.3 Å². The maximum atomic E-state index is 13.5. The Hall–Kier alpha value is -5.14. The van der Waals surface area contributed by atoms with Gasteiger partial charge >= 0.3 is 5.97 Å². The molecule has 204 valence electrons. The average Bonchev–Trinajstić information content (AvgIpc) is 2.93. The molecule has 1 unspecified atom stereocenters. The van der Waals surface area contributed by atoms with Crippen molar-refractivity contribution in [3.8, 4) is 12.0 Å². The number of aryl methyl sites for hydroxylation is 1. The topological polar surface area (TPSA) is 136 Å². The van der Waals surface area contributed by atoms with Gasteiger partial charge in [0.05, 0.1) is 16.9 Å². The summed E-state index contributed by atoms with van der Waals surface area (Å²) in [4.78, 5) is 54.4. The highest BCUT2D eigenvalue weighted by Crippen LogP contribution is 2.31. The van der Waals surface area contributed by atoms with Crippen LogP contribution in [0.2, 0.25) is 0 Å². The number of aromatic carboxylic acids is 1. The number of carbonyl (C=O) groups is 4. The molecule has 0 spiro atoms. The van der Waals surface area contributed by atoms with E-state index < -0.39 is 23.8 Å². The third kappa shape index (κ3) is 6.28. The minimum atomic E-state index is -1.09. The molecular formula is C30H29N5O5. The highest BCUT2D eigenvalue weighted by Gasteiger charge is 2.39. The van der Waals surface area contributed by atoms with Gasteiger partial charge in [0.25, 0.3) is 0 Å². The summed E-state index contributed by atoms with van der Waals surface area (Å²) < 4.78 is 0. The monoisotopic (exact) mass is 539 g/mol. The van der Waals surface area contributed by atoms with Crippen LogP contribution in [0.4, 0.5) is 17.1 Å². The van der Waals surface area contributed by atoms with Crippen molar-refractivity contribution in [1.29, 1.82) is 0 Å². The van der Waals surface area contributed by atoms with Crippen LogP contribution in [0.15, 0.2) is 72.8 Å². The highest BCUT2D eigenvalue weighted by atomic mass is 16.4. The van der Waals surface area contributed by atoms with Gasteiger partial charge in [-0.05, 0) is 61.4 Å². The molecule has 0 bridgehead atoms. The third-order valence-corrected chi connectivity index (χ3v) is 6.48. The zero-order valence-corrected chi connectivity index (χ0v) is 22.1. The molecule has 0 saturated carbocycles. The maximum absolute atomic E-state index is 13.5. The Balaban J connectivity index is 1.62. The Morgan fingerprint density at radius 2 is 1.73 bits per heavy atom. The fourth-order valence-corrected chi connectivity index (χ4v) is 4.47. The second-order valence-corrected chi connectivity index (χ2v) is 9.30. The molecule has 3 aromatic rings. The van der Waals surface area contributed by atoms with E-state index in [1.54, 1.807) is 19.1 Å². The van der Waals surface area contributed by atoms with Gasteiger partial charge in [-0.15, -0.1) is 0 Å². The van der Waals surface area contributed by atoms with Crippen LogP contribution in [0.5, 0.6) is 0 Å². The van der Waals surface area contributed by atoms with E-state index in [1.165, 1.54) is 39.1 Å². The molecule has 10 heteroatoms. The van der Waals surface area contributed by atoms with Crippen molar-refractivity contribution in [3.05, 3.63) is 89.5 Å². The highest BCUT2D eigenvalue weighted by molar-refractivity contribution is 6.08. The number of carbonyl (C=O) groups excluding carboxylic acids is 3. The first-order chi connectivity index (χ1) is 19.2. The van der Waals surface area contributed by atoms with E-state index in [4.69, 9.17) is 10.9 Å². The lowest BCUT2D eigenvalue weighted by Crippen LogP contribution is -2.60. The van der Waals surface area contributed by atoms with Crippen molar-refractivity contribution in [2.24, 2.45) is 5.84 Å². The third-order valence-electron chi connectivity index (χ3n) is 6.48. The number of carboxylic acid groups (broad SMARTS) is 1. The number of amides is 3. The standard InChI is InChI=1S/C30H29N5O5/c1-3-15-35(31)24-14-9-20(2)16-25(24)33-18-28(37)34(19-27(33)36)26(17-21-7-5-4-6-8-21)29(38)32-23-12-10-22(11-13-23)30(39)40/h4-14,16,26H,17-19,31H2,1-2H3,(H,32,38)(H,39,40). The Morgan fingerprint density at radius 3 is 2.38 bits per heavy atom. The first-order valence-corrected chi connectivity index (χ1v) is 12.5. The fourth-order valence-electron chi connectivity index (χ4n) is 4.47. The Morgan fingerprint density at radius 1 is 1.02 bits per heavy atom. The van der Waals surface area contributed by atoms with E-state index in [0.717, 1.165) is 11.1 Å². The van der Waals surface area contributed by atoms with Crippen LogP contribution in [0.1, 0.15) is 28.4 Å². The first kappa shape index (κ1) is 27.9. The SMILES string of the molecule is CC#CN(N)c1ccc(C)cc1N1CC(=O)N(C(Cc2ccccc2)C(=O)Nc2ccc(C(=O)O)cc2)CC1=O. The number of rotatable bonds is 8. The van der Waals surface area contributed by atoms with Crippen molar-refractivity contribution in [2.75, 3.05) is 28.3 Å². The molecule has 10 nitrogen and oxygen atoms in total. The number of hydrogen-bond acceptors (Lipinski definition) is 6. The number of nitrogens with zero attached hydrogens (tertiary/aromatic N) is 3. The van der Waals surface area contributed by atoms with Crippen LogP contribution in [0.3, 0.4) is 0 Å². The number of anilines is 3. The molecule has 3 aromatic carbocycles. The van der Waals surface area contributed by atoms with Crippen LogP contribution < -0.4 is 21.1 Å².